The van der Waals surface area contributed by atoms with Crippen LogP contribution in [0.4, 0.5) is 20.3 Å². The quantitative estimate of drug-likeness (QED) is 0.641. The van der Waals surface area contributed by atoms with Crippen LogP contribution in [0.1, 0.15) is 12.8 Å². The Kier molecular flexibility index (Phi) is 5.99. The van der Waals surface area contributed by atoms with Crippen molar-refractivity contribution in [2.24, 2.45) is 5.73 Å². The van der Waals surface area contributed by atoms with Crippen molar-refractivity contribution in [1.29, 1.82) is 0 Å². The fourth-order valence-corrected chi connectivity index (χ4v) is 3.55. The molecule has 0 bridgehead atoms. The summed E-state index contributed by atoms with van der Waals surface area (Å²) in [6.45, 7) is 0.687. The summed E-state index contributed by atoms with van der Waals surface area (Å²) in [6.07, 6.45) is 0.514. The maximum absolute atomic E-state index is 12.8. The normalized spacial score (nSPS) is 17.0. The first-order valence-corrected chi connectivity index (χ1v) is 8.93. The third-order valence-corrected chi connectivity index (χ3v) is 4.80. The largest absolute Gasteiger partial charge is 0.382 e. The molecule has 0 amide bonds. The van der Waals surface area contributed by atoms with Gasteiger partial charge in [0.15, 0.2) is 5.82 Å². The van der Waals surface area contributed by atoms with Crippen LogP contribution in [-0.4, -0.2) is 49.9 Å². The number of piperidine rings is 1. The van der Waals surface area contributed by atoms with Crippen molar-refractivity contribution in [1.82, 2.24) is 24.4 Å². The van der Waals surface area contributed by atoms with Crippen LogP contribution in [-0.2, 0) is 6.54 Å². The molecule has 3 aromatic heterocycles. The highest BCUT2D eigenvalue weighted by molar-refractivity contribution is 5.88. The molecule has 12 heteroatoms. The van der Waals surface area contributed by atoms with Gasteiger partial charge in [0.25, 0.3) is 12.0 Å². The number of nitrogen functional groups attached to an aromatic ring is 1. The molecule has 4 heterocycles. The standard InChI is InChI=1S/C17H20F2N8O.ClH/c18-14(19)8-26-15(28)4-3-11(24-26)12-6-13(25-5-1-2-10(20)7-25)16-17(21)22-9-23-27(12)16;/h3-4,6,9-10,14H,1-2,5,7-8,20H2,(H2,21,22,23);1H/t10-;/m1./s1. The average molecular weight is 427 g/mol. The first kappa shape index (κ1) is 20.9. The van der Waals surface area contributed by atoms with Crippen molar-refractivity contribution in [3.05, 3.63) is 34.9 Å². The van der Waals surface area contributed by atoms with Crippen molar-refractivity contribution in [2.75, 3.05) is 23.7 Å². The molecule has 1 aliphatic rings. The maximum atomic E-state index is 12.8. The van der Waals surface area contributed by atoms with Gasteiger partial charge in [-0.25, -0.2) is 23.0 Å². The van der Waals surface area contributed by atoms with E-state index in [-0.39, 0.29) is 24.3 Å². The fourth-order valence-electron chi connectivity index (χ4n) is 3.55. The summed E-state index contributed by atoms with van der Waals surface area (Å²) in [6, 6.07) is 4.57. The first-order chi connectivity index (χ1) is 13.4. The molecule has 1 aliphatic heterocycles. The van der Waals surface area contributed by atoms with E-state index in [9.17, 15) is 13.6 Å². The molecule has 4 N–H and O–H groups in total. The van der Waals surface area contributed by atoms with Crippen LogP contribution >= 0.6 is 12.4 Å². The van der Waals surface area contributed by atoms with Crippen LogP contribution < -0.4 is 21.9 Å². The van der Waals surface area contributed by atoms with Gasteiger partial charge < -0.3 is 16.4 Å². The molecule has 3 aromatic rings. The van der Waals surface area contributed by atoms with Crippen LogP contribution in [0.2, 0.25) is 0 Å². The van der Waals surface area contributed by atoms with Crippen LogP contribution in [0.15, 0.2) is 29.3 Å². The lowest BCUT2D eigenvalue weighted by molar-refractivity contribution is 0.120. The summed E-state index contributed by atoms with van der Waals surface area (Å²) in [7, 11) is 0. The van der Waals surface area contributed by atoms with E-state index in [2.05, 4.69) is 20.1 Å². The SMILES string of the molecule is Cl.Nc1ncnn2c(-c3ccc(=O)n(CC(F)F)n3)cc(N3CCC[C@@H](N)C3)c12. The van der Waals surface area contributed by atoms with Gasteiger partial charge in [0.05, 0.1) is 11.4 Å². The van der Waals surface area contributed by atoms with Gasteiger partial charge in [-0.15, -0.1) is 12.4 Å². The lowest BCUT2D eigenvalue weighted by Crippen LogP contribution is -2.42. The maximum Gasteiger partial charge on any atom is 0.266 e. The van der Waals surface area contributed by atoms with E-state index in [0.717, 1.165) is 29.8 Å². The number of rotatable bonds is 4. The highest BCUT2D eigenvalue weighted by Crippen LogP contribution is 2.34. The van der Waals surface area contributed by atoms with Crippen molar-refractivity contribution >= 4 is 29.4 Å². The Morgan fingerprint density at radius 3 is 2.83 bits per heavy atom. The van der Waals surface area contributed by atoms with Gasteiger partial charge in [0, 0.05) is 25.2 Å². The van der Waals surface area contributed by atoms with E-state index < -0.39 is 18.5 Å². The number of hydrogen-bond acceptors (Lipinski definition) is 7. The second kappa shape index (κ2) is 8.29. The first-order valence-electron chi connectivity index (χ1n) is 8.93. The van der Waals surface area contributed by atoms with E-state index >= 15 is 0 Å². The fraction of sp³-hybridized carbons (Fsp3) is 0.412. The minimum Gasteiger partial charge on any atom is -0.382 e. The number of aromatic nitrogens is 5. The topological polar surface area (TPSA) is 120 Å². The molecule has 9 nitrogen and oxygen atoms in total. The number of halogens is 3. The number of fused-ring (bicyclic) bond motifs is 1. The third kappa shape index (κ3) is 4.01. The van der Waals surface area contributed by atoms with E-state index in [0.29, 0.717) is 23.4 Å². The van der Waals surface area contributed by atoms with Crippen molar-refractivity contribution < 1.29 is 8.78 Å². The molecular formula is C17H21ClF2N8O. The molecule has 0 unspecified atom stereocenters. The highest BCUT2D eigenvalue weighted by atomic mass is 35.5. The molecule has 0 aromatic carbocycles. The third-order valence-electron chi connectivity index (χ3n) is 4.80. The summed E-state index contributed by atoms with van der Waals surface area (Å²) >= 11 is 0. The predicted octanol–water partition coefficient (Wildman–Crippen LogP) is 1.15. The second-order valence-corrected chi connectivity index (χ2v) is 6.80. The Labute approximate surface area is 170 Å². The van der Waals surface area contributed by atoms with Crippen LogP contribution in [0.3, 0.4) is 0 Å². The van der Waals surface area contributed by atoms with E-state index in [4.69, 9.17) is 11.5 Å². The number of alkyl halides is 2. The Bertz CT molecular complexity index is 1070. The molecule has 0 spiro atoms. The van der Waals surface area contributed by atoms with Crippen molar-refractivity contribution in [3.8, 4) is 11.4 Å². The Morgan fingerprint density at radius 1 is 1.31 bits per heavy atom. The van der Waals surface area contributed by atoms with E-state index in [1.807, 2.05) is 6.07 Å². The molecule has 156 valence electrons. The molecule has 0 saturated carbocycles. The minimum absolute atomic E-state index is 0. The minimum atomic E-state index is -2.69. The molecule has 1 saturated heterocycles. The lowest BCUT2D eigenvalue weighted by atomic mass is 10.1. The van der Waals surface area contributed by atoms with Gasteiger partial charge in [-0.3, -0.25) is 4.79 Å². The van der Waals surface area contributed by atoms with Gasteiger partial charge in [-0.1, -0.05) is 0 Å². The van der Waals surface area contributed by atoms with E-state index in [1.54, 1.807) is 4.52 Å². The van der Waals surface area contributed by atoms with E-state index in [1.165, 1.54) is 18.5 Å². The second-order valence-electron chi connectivity index (χ2n) is 6.80. The van der Waals surface area contributed by atoms with Crippen LogP contribution in [0.25, 0.3) is 16.9 Å². The Hall–Kier alpha value is -2.79. The monoisotopic (exact) mass is 426 g/mol. The lowest BCUT2D eigenvalue weighted by Gasteiger charge is -2.32. The summed E-state index contributed by atoms with van der Waals surface area (Å²) in [5, 5.41) is 8.35. The summed E-state index contributed by atoms with van der Waals surface area (Å²) in [4.78, 5) is 18.0. The molecular weight excluding hydrogens is 406 g/mol. The molecule has 1 fully saturated rings. The Morgan fingerprint density at radius 2 is 2.10 bits per heavy atom. The zero-order valence-electron chi connectivity index (χ0n) is 15.4. The summed E-state index contributed by atoms with van der Waals surface area (Å²) in [5.74, 6) is 0.288. The number of nitrogens with zero attached hydrogens (tertiary/aromatic N) is 6. The molecule has 29 heavy (non-hydrogen) atoms. The van der Waals surface area contributed by atoms with Gasteiger partial charge >= 0.3 is 0 Å². The molecule has 4 rings (SSSR count). The van der Waals surface area contributed by atoms with Gasteiger partial charge in [0.1, 0.15) is 24.1 Å². The van der Waals surface area contributed by atoms with Crippen molar-refractivity contribution in [2.45, 2.75) is 31.9 Å². The van der Waals surface area contributed by atoms with Crippen LogP contribution in [0, 0.1) is 0 Å². The average Bonchev–Trinajstić information content (AvgIpc) is 3.04. The van der Waals surface area contributed by atoms with Gasteiger partial charge in [-0.2, -0.15) is 10.2 Å². The summed E-state index contributed by atoms with van der Waals surface area (Å²) < 4.78 is 27.8. The predicted molar refractivity (Wildman–Crippen MR) is 108 cm³/mol. The number of nitrogens with two attached hydrogens (primary N) is 2. The summed E-state index contributed by atoms with van der Waals surface area (Å²) in [5.41, 5.74) is 13.9. The Balaban J connectivity index is 0.00000240. The number of hydrogen-bond donors (Lipinski definition) is 2. The highest BCUT2D eigenvalue weighted by Gasteiger charge is 2.24. The zero-order chi connectivity index (χ0) is 19.8. The van der Waals surface area contributed by atoms with Crippen molar-refractivity contribution in [3.63, 3.8) is 0 Å². The molecule has 0 aliphatic carbocycles. The number of anilines is 2. The smallest absolute Gasteiger partial charge is 0.266 e. The van der Waals surface area contributed by atoms with Crippen LogP contribution in [0.5, 0.6) is 0 Å². The molecule has 1 atom stereocenters. The zero-order valence-corrected chi connectivity index (χ0v) is 16.2. The molecule has 0 radical (unpaired) electrons. The van der Waals surface area contributed by atoms with Gasteiger partial charge in [-0.05, 0) is 25.0 Å². The van der Waals surface area contributed by atoms with Gasteiger partial charge in [0.2, 0.25) is 0 Å².